The molecule has 2 aromatic rings. The molecule has 1 atom stereocenters. The van der Waals surface area contributed by atoms with Crippen LogP contribution < -0.4 is 38.5 Å². The van der Waals surface area contributed by atoms with Gasteiger partial charge in [-0.3, -0.25) is 0 Å². The van der Waals surface area contributed by atoms with Gasteiger partial charge in [0.15, 0.2) is 0 Å². The van der Waals surface area contributed by atoms with E-state index in [1.807, 2.05) is 0 Å². The van der Waals surface area contributed by atoms with Crippen LogP contribution in [0.4, 0.5) is 0 Å². The summed E-state index contributed by atoms with van der Waals surface area (Å²) >= 11 is -2.63. The molecule has 1 amide bonds. The van der Waals surface area contributed by atoms with Crippen molar-refractivity contribution in [2.24, 2.45) is 5.92 Å². The maximum absolute atomic E-state index is 11.6. The number of nitrogens with one attached hydrogen (secondary N) is 1. The summed E-state index contributed by atoms with van der Waals surface area (Å²) in [6.07, 6.45) is 0.976. The summed E-state index contributed by atoms with van der Waals surface area (Å²) in [4.78, 5) is 11.6. The van der Waals surface area contributed by atoms with Gasteiger partial charge in [0.1, 0.15) is 0 Å². The first-order chi connectivity index (χ1) is 12.6. The van der Waals surface area contributed by atoms with E-state index in [0.29, 0.717) is 5.92 Å². The third kappa shape index (κ3) is 4.96. The van der Waals surface area contributed by atoms with Crippen molar-refractivity contribution in [3.63, 3.8) is 0 Å². The molecule has 0 aliphatic heterocycles. The fraction of sp³-hybridized carbons (Fsp3) is 0.227. The second-order valence-electron chi connectivity index (χ2n) is 7.00. The van der Waals surface area contributed by atoms with Crippen molar-refractivity contribution in [3.8, 4) is 0 Å². The first-order valence-electron chi connectivity index (χ1n) is 9.12. The fourth-order valence-corrected chi connectivity index (χ4v) is 33.2. The Labute approximate surface area is 189 Å². The second-order valence-corrected chi connectivity index (χ2v) is 26.1. The van der Waals surface area contributed by atoms with Crippen LogP contribution >= 0.6 is 0 Å². The summed E-state index contributed by atoms with van der Waals surface area (Å²) in [5.74, 6) is -1.02. The summed E-state index contributed by atoms with van der Waals surface area (Å²) in [5, 5.41) is 2.90. The number of amides is 1. The molecule has 0 saturated heterocycles. The summed E-state index contributed by atoms with van der Waals surface area (Å²) in [5.41, 5.74) is 4.34. The predicted octanol–water partition coefficient (Wildman–Crippen LogP) is -2.93. The molecule has 2 aromatic carbocycles. The molecule has 1 unspecified atom stereocenters. The average Bonchev–Trinajstić information content (AvgIpc) is 2.86. The number of allylic oxidation sites excluding steroid dienone is 4. The maximum atomic E-state index is 11.6. The Kier molecular flexibility index (Phi) is 10.1. The van der Waals surface area contributed by atoms with Crippen molar-refractivity contribution in [2.45, 2.75) is 27.7 Å². The maximum Gasteiger partial charge on any atom is -1.00 e. The van der Waals surface area contributed by atoms with E-state index < -0.39 is 26.9 Å². The number of hydrogen-bond acceptors (Lipinski definition) is 1. The molecule has 0 saturated carbocycles. The fourth-order valence-electron chi connectivity index (χ4n) is 4.00. The van der Waals surface area contributed by atoms with Crippen LogP contribution in [0.1, 0.15) is 27.7 Å². The second kappa shape index (κ2) is 11.3. The molecule has 6 heteroatoms. The molecule has 0 fully saturated rings. The molecule has 0 radical (unpaired) electrons. The molecule has 0 aromatic heterocycles. The Morgan fingerprint density at radius 1 is 0.857 bits per heavy atom. The Morgan fingerprint density at radius 2 is 1.32 bits per heavy atom. The normalized spacial score (nSPS) is 15.8. The molecule has 3 rings (SSSR count). The van der Waals surface area contributed by atoms with Crippen molar-refractivity contribution in [2.75, 3.05) is 0 Å². The molecule has 0 bridgehead atoms. The molecule has 1 aliphatic rings. The minimum Gasteiger partial charge on any atom is -1.00 e. The van der Waals surface area contributed by atoms with Crippen LogP contribution in [0.3, 0.4) is 0 Å². The third-order valence-corrected chi connectivity index (χ3v) is 32.2. The van der Waals surface area contributed by atoms with E-state index >= 15 is 0 Å². The van der Waals surface area contributed by atoms with E-state index in [2.05, 4.69) is 91.7 Å². The van der Waals surface area contributed by atoms with Crippen LogP contribution in [-0.4, -0.2) is 12.4 Å². The van der Waals surface area contributed by atoms with Gasteiger partial charge in [-0.25, -0.2) is 0 Å². The first kappa shape index (κ1) is 25.1. The Bertz CT molecular complexity index is 816. The van der Waals surface area contributed by atoms with Crippen molar-refractivity contribution >= 4 is 22.8 Å². The Hall–Kier alpha value is -0.943. The number of carbonyl (C=O) groups is 1. The number of rotatable bonds is 6. The molecule has 1 N–H and O–H groups in total. The monoisotopic (exact) mass is 598 g/mol. The van der Waals surface area contributed by atoms with E-state index in [4.69, 9.17) is 0 Å². The van der Waals surface area contributed by atoms with Gasteiger partial charge in [0.2, 0.25) is 0 Å². The topological polar surface area (TPSA) is 29.1 Å². The molecule has 1 aliphatic carbocycles. The molecular weight excluding hydrogens is 572 g/mol. The summed E-state index contributed by atoms with van der Waals surface area (Å²) in [7, 11) is 0. The van der Waals surface area contributed by atoms with Crippen LogP contribution in [0.15, 0.2) is 80.7 Å². The quantitative estimate of drug-likeness (QED) is 0.281. The van der Waals surface area contributed by atoms with Crippen LogP contribution in [-0.2, 0) is 25.7 Å². The van der Waals surface area contributed by atoms with Crippen LogP contribution in [0.5, 0.6) is 0 Å². The van der Waals surface area contributed by atoms with Gasteiger partial charge in [-0.05, 0) is 0 Å². The van der Waals surface area contributed by atoms with Gasteiger partial charge in [-0.2, -0.15) is 0 Å². The molecule has 28 heavy (non-hydrogen) atoms. The summed E-state index contributed by atoms with van der Waals surface area (Å²) in [6.45, 7) is 9.07. The first-order valence-corrected chi connectivity index (χ1v) is 20.7. The Balaban J connectivity index is 0.00000196. The number of carbonyl (C=O) groups excluding carboxylic acids is 1. The number of benzene rings is 2. The number of halogens is 2. The smallest absolute Gasteiger partial charge is 1.00 e. The van der Waals surface area contributed by atoms with Gasteiger partial charge in [0, 0.05) is 0 Å². The standard InChI is InChI=1S/C12H11Si.C9H13.CH3NO.2ClH.Hf/c1-3-7-11(8-4-1)13-12-9-5-2-6-10-12;1-6-5-7(2)9(4)8(6)3;2-1-3;;;/h1-10,13H;6H,1-4H3;1H,(H2,2,3);2*1H;/q;;;;;+3/p-3. The van der Waals surface area contributed by atoms with E-state index in [1.165, 1.54) is 27.1 Å². The summed E-state index contributed by atoms with van der Waals surface area (Å²) < 4.78 is 5.03. The molecule has 0 spiro atoms. The zero-order valence-electron chi connectivity index (χ0n) is 16.7. The largest absolute Gasteiger partial charge is 1.00 e. The summed E-state index contributed by atoms with van der Waals surface area (Å²) in [6, 6.07) is 21.8. The van der Waals surface area contributed by atoms with E-state index in [0.717, 1.165) is 6.41 Å². The van der Waals surface area contributed by atoms with E-state index in [-0.39, 0.29) is 24.8 Å². The minimum atomic E-state index is -2.63. The molecular formula is C22H26Cl2HfNOSi. The zero-order chi connectivity index (χ0) is 18.7. The Morgan fingerprint density at radius 3 is 1.68 bits per heavy atom. The molecule has 2 nitrogen and oxygen atoms in total. The van der Waals surface area contributed by atoms with Crippen LogP contribution in [0.2, 0.25) is 0 Å². The van der Waals surface area contributed by atoms with Crippen molar-refractivity contribution in [1.82, 2.24) is 3.30 Å². The van der Waals surface area contributed by atoms with Gasteiger partial charge in [0.05, 0.1) is 0 Å². The van der Waals surface area contributed by atoms with E-state index in [1.54, 1.807) is 3.33 Å². The predicted molar refractivity (Wildman–Crippen MR) is 109 cm³/mol. The van der Waals surface area contributed by atoms with Gasteiger partial charge >= 0.3 is 166 Å². The van der Waals surface area contributed by atoms with Gasteiger partial charge in [-0.1, -0.05) is 0 Å². The SMILES string of the molecule is CC1=C(C)C(C)[C]([Hf+2]([NH]C=O)[SiH](c2ccccc2)c2ccccc2)=C1C.[Cl-].[Cl-]. The van der Waals surface area contributed by atoms with Gasteiger partial charge in [-0.15, -0.1) is 0 Å². The van der Waals surface area contributed by atoms with Crippen molar-refractivity contribution in [3.05, 3.63) is 80.7 Å². The minimum absolute atomic E-state index is 0. The van der Waals surface area contributed by atoms with Crippen LogP contribution in [0.25, 0.3) is 0 Å². The van der Waals surface area contributed by atoms with Gasteiger partial charge < -0.3 is 24.8 Å². The van der Waals surface area contributed by atoms with Crippen molar-refractivity contribution < 1.29 is 50.5 Å². The van der Waals surface area contributed by atoms with Crippen molar-refractivity contribution in [1.29, 1.82) is 0 Å². The number of hydrogen-bond donors (Lipinski definition) is 1. The average molecular weight is 598 g/mol. The molecule has 147 valence electrons. The zero-order valence-corrected chi connectivity index (χ0v) is 22.9. The third-order valence-electron chi connectivity index (χ3n) is 5.70. The van der Waals surface area contributed by atoms with Gasteiger partial charge in [0.25, 0.3) is 0 Å². The molecule has 0 heterocycles. The van der Waals surface area contributed by atoms with Crippen LogP contribution in [0, 0.1) is 5.92 Å². The van der Waals surface area contributed by atoms with E-state index in [9.17, 15) is 4.79 Å².